The highest BCUT2D eigenvalue weighted by molar-refractivity contribution is 9.25. The van der Waals surface area contributed by atoms with Gasteiger partial charge in [-0.3, -0.25) is 4.79 Å². The number of ether oxygens (including phenoxy) is 1. The molecule has 1 atom stereocenters. The number of alkyl halides is 2. The van der Waals surface area contributed by atoms with Crippen molar-refractivity contribution in [1.82, 2.24) is 0 Å². The van der Waals surface area contributed by atoms with Crippen LogP contribution in [-0.2, 0) is 9.53 Å². The predicted octanol–water partition coefficient (Wildman–Crippen LogP) is 5.69. The number of carbonyl (C=O) groups is 2. The van der Waals surface area contributed by atoms with Gasteiger partial charge in [-0.05, 0) is 31.0 Å². The van der Waals surface area contributed by atoms with Crippen LogP contribution in [0.1, 0.15) is 23.7 Å². The minimum Gasteiger partial charge on any atom is -0.465 e. The van der Waals surface area contributed by atoms with E-state index in [4.69, 9.17) is 16.3 Å². The molecule has 0 spiro atoms. The zero-order chi connectivity index (χ0) is 18.4. The van der Waals surface area contributed by atoms with Gasteiger partial charge in [0.25, 0.3) is 0 Å². The first-order valence-electron chi connectivity index (χ1n) is 7.34. The Bertz CT molecular complexity index is 850. The summed E-state index contributed by atoms with van der Waals surface area (Å²) >= 11 is 14.2. The SMILES string of the molecule is COC(=O)c1c(-c2ccc(Cl)cc2)csc1NC(=O)C1(C)CC1(Br)Br. The number of methoxy groups -OCH3 is 1. The van der Waals surface area contributed by atoms with E-state index in [-0.39, 0.29) is 5.91 Å². The van der Waals surface area contributed by atoms with Crippen LogP contribution in [0.5, 0.6) is 0 Å². The van der Waals surface area contributed by atoms with Gasteiger partial charge >= 0.3 is 5.97 Å². The van der Waals surface area contributed by atoms with Crippen LogP contribution in [0.4, 0.5) is 5.00 Å². The van der Waals surface area contributed by atoms with Gasteiger partial charge in [-0.15, -0.1) is 11.3 Å². The van der Waals surface area contributed by atoms with Crippen molar-refractivity contribution < 1.29 is 14.3 Å². The molecule has 0 radical (unpaired) electrons. The van der Waals surface area contributed by atoms with Crippen LogP contribution < -0.4 is 5.32 Å². The first kappa shape index (κ1) is 18.9. The molecule has 1 fully saturated rings. The first-order chi connectivity index (χ1) is 11.7. The summed E-state index contributed by atoms with van der Waals surface area (Å²) < 4.78 is 4.51. The lowest BCUT2D eigenvalue weighted by Gasteiger charge is -2.13. The van der Waals surface area contributed by atoms with Crippen LogP contribution in [0, 0.1) is 5.41 Å². The van der Waals surface area contributed by atoms with Gasteiger partial charge in [0.2, 0.25) is 5.91 Å². The van der Waals surface area contributed by atoms with Crippen LogP contribution in [-0.4, -0.2) is 22.2 Å². The third-order valence-corrected chi connectivity index (χ3v) is 7.78. The van der Waals surface area contributed by atoms with Crippen molar-refractivity contribution in [1.29, 1.82) is 0 Å². The molecule has 1 saturated carbocycles. The van der Waals surface area contributed by atoms with Crippen LogP contribution in [0.25, 0.3) is 11.1 Å². The number of nitrogens with one attached hydrogen (secondary N) is 1. The third kappa shape index (κ3) is 3.39. The van der Waals surface area contributed by atoms with E-state index in [1.165, 1.54) is 18.4 Å². The number of hydrogen-bond donors (Lipinski definition) is 1. The zero-order valence-corrected chi connectivity index (χ0v) is 18.1. The fraction of sp³-hybridized carbons (Fsp3) is 0.294. The van der Waals surface area contributed by atoms with E-state index < -0.39 is 14.6 Å². The molecule has 25 heavy (non-hydrogen) atoms. The van der Waals surface area contributed by atoms with Gasteiger partial charge in [0, 0.05) is 16.0 Å². The van der Waals surface area contributed by atoms with Crippen molar-refractivity contribution >= 4 is 71.7 Å². The van der Waals surface area contributed by atoms with E-state index in [2.05, 4.69) is 37.2 Å². The van der Waals surface area contributed by atoms with Gasteiger partial charge in [0.05, 0.1) is 15.8 Å². The number of halogens is 3. The largest absolute Gasteiger partial charge is 0.465 e. The van der Waals surface area contributed by atoms with E-state index in [1.807, 2.05) is 24.4 Å². The molecule has 1 amide bonds. The Morgan fingerprint density at radius 1 is 1.28 bits per heavy atom. The maximum absolute atomic E-state index is 12.6. The molecule has 1 unspecified atom stereocenters. The van der Waals surface area contributed by atoms with Crippen molar-refractivity contribution in [2.24, 2.45) is 5.41 Å². The van der Waals surface area contributed by atoms with Crippen LogP contribution in [0.2, 0.25) is 5.02 Å². The maximum atomic E-state index is 12.6. The Morgan fingerprint density at radius 3 is 2.40 bits per heavy atom. The summed E-state index contributed by atoms with van der Waals surface area (Å²) in [5, 5.41) is 5.80. The minimum atomic E-state index is -0.579. The number of esters is 1. The van der Waals surface area contributed by atoms with Gasteiger partial charge in [-0.2, -0.15) is 0 Å². The summed E-state index contributed by atoms with van der Waals surface area (Å²) in [6.45, 7) is 1.86. The highest BCUT2D eigenvalue weighted by Gasteiger charge is 2.66. The summed E-state index contributed by atoms with van der Waals surface area (Å²) in [5.74, 6) is -0.651. The summed E-state index contributed by atoms with van der Waals surface area (Å²) in [7, 11) is 1.32. The monoisotopic (exact) mass is 505 g/mol. The highest BCUT2D eigenvalue weighted by atomic mass is 79.9. The fourth-order valence-corrected chi connectivity index (χ4v) is 5.04. The Labute approximate surface area is 171 Å². The summed E-state index contributed by atoms with van der Waals surface area (Å²) in [5.41, 5.74) is 1.30. The number of rotatable bonds is 4. The Morgan fingerprint density at radius 2 is 1.88 bits per heavy atom. The van der Waals surface area contributed by atoms with Crippen molar-refractivity contribution in [3.05, 3.63) is 40.2 Å². The molecule has 1 aliphatic carbocycles. The van der Waals surface area contributed by atoms with Gasteiger partial charge in [0.1, 0.15) is 10.6 Å². The Hall–Kier alpha value is -0.890. The zero-order valence-electron chi connectivity index (χ0n) is 13.4. The second-order valence-electron chi connectivity index (χ2n) is 6.02. The third-order valence-electron chi connectivity index (χ3n) is 4.32. The molecule has 4 nitrogen and oxygen atoms in total. The Kier molecular flexibility index (Phi) is 5.05. The molecule has 0 bridgehead atoms. The molecule has 0 aliphatic heterocycles. The summed E-state index contributed by atoms with van der Waals surface area (Å²) in [6.07, 6.45) is 0.662. The highest BCUT2D eigenvalue weighted by Crippen LogP contribution is 2.66. The molecule has 1 heterocycles. The second kappa shape index (κ2) is 6.68. The molecule has 8 heteroatoms. The molecule has 2 aromatic rings. The lowest BCUT2D eigenvalue weighted by molar-refractivity contribution is -0.120. The molecule has 1 N–H and O–H groups in total. The van der Waals surface area contributed by atoms with Gasteiger partial charge in [0.15, 0.2) is 0 Å². The number of anilines is 1. The predicted molar refractivity (Wildman–Crippen MR) is 108 cm³/mol. The fourth-order valence-electron chi connectivity index (χ4n) is 2.48. The van der Waals surface area contributed by atoms with Crippen molar-refractivity contribution in [2.45, 2.75) is 16.6 Å². The smallest absolute Gasteiger partial charge is 0.341 e. The van der Waals surface area contributed by atoms with Gasteiger partial charge < -0.3 is 10.1 Å². The number of amides is 1. The summed E-state index contributed by atoms with van der Waals surface area (Å²) in [6, 6.07) is 7.16. The normalized spacial score (nSPS) is 20.8. The molecular weight excluding hydrogens is 494 g/mol. The van der Waals surface area contributed by atoms with Gasteiger partial charge in [-0.1, -0.05) is 55.6 Å². The molecular formula is C17H14Br2ClNO3S. The van der Waals surface area contributed by atoms with Crippen molar-refractivity contribution in [3.8, 4) is 11.1 Å². The van der Waals surface area contributed by atoms with Crippen molar-refractivity contribution in [2.75, 3.05) is 12.4 Å². The lowest BCUT2D eigenvalue weighted by Crippen LogP contribution is -2.26. The lowest BCUT2D eigenvalue weighted by atomic mass is 10.0. The van der Waals surface area contributed by atoms with E-state index in [0.29, 0.717) is 27.6 Å². The average Bonchev–Trinajstić information content (AvgIpc) is 2.91. The van der Waals surface area contributed by atoms with E-state index in [0.717, 1.165) is 5.56 Å². The maximum Gasteiger partial charge on any atom is 0.341 e. The molecule has 1 aromatic carbocycles. The van der Waals surface area contributed by atoms with Crippen LogP contribution >= 0.6 is 54.8 Å². The quantitative estimate of drug-likeness (QED) is 0.427. The molecule has 0 saturated heterocycles. The summed E-state index contributed by atoms with van der Waals surface area (Å²) in [4.78, 5) is 25.0. The average molecular weight is 508 g/mol. The number of carbonyl (C=O) groups excluding carboxylic acids is 2. The first-order valence-corrected chi connectivity index (χ1v) is 10.2. The van der Waals surface area contributed by atoms with Gasteiger partial charge in [-0.25, -0.2) is 4.79 Å². The number of benzene rings is 1. The van der Waals surface area contributed by atoms with Crippen molar-refractivity contribution in [3.63, 3.8) is 0 Å². The standard InChI is InChI=1S/C17H14Br2ClNO3S/c1-16(8-17(16,18)19)15(23)21-13-12(14(22)24-2)11(7-25-13)9-3-5-10(20)6-4-9/h3-7H,8H2,1-2H3,(H,21,23). The Balaban J connectivity index is 1.96. The second-order valence-corrected chi connectivity index (χ2v) is 11.1. The molecule has 1 aromatic heterocycles. The van der Waals surface area contributed by atoms with E-state index >= 15 is 0 Å². The van der Waals surface area contributed by atoms with E-state index in [1.54, 1.807) is 12.1 Å². The molecule has 3 rings (SSSR count). The van der Waals surface area contributed by atoms with E-state index in [9.17, 15) is 9.59 Å². The minimum absolute atomic E-state index is 0.157. The topological polar surface area (TPSA) is 55.4 Å². The molecule has 132 valence electrons. The molecule has 1 aliphatic rings. The number of hydrogen-bond acceptors (Lipinski definition) is 4. The van der Waals surface area contributed by atoms with Crippen LogP contribution in [0.15, 0.2) is 29.6 Å². The van der Waals surface area contributed by atoms with Crippen LogP contribution in [0.3, 0.4) is 0 Å². The number of thiophene rings is 1.